The molecule has 0 atom stereocenters. The summed E-state index contributed by atoms with van der Waals surface area (Å²) in [5.41, 5.74) is 4.28. The number of aryl methyl sites for hydroxylation is 2. The van der Waals surface area contributed by atoms with Gasteiger partial charge in [-0.1, -0.05) is 44.2 Å². The SMILES string of the molecule is Cc1nn(C)c2nc(N(N)Cc3ccccc3)cc(C(C)C)c12. The van der Waals surface area contributed by atoms with E-state index in [-0.39, 0.29) is 0 Å². The topological polar surface area (TPSA) is 60.0 Å². The molecule has 0 fully saturated rings. The quantitative estimate of drug-likeness (QED) is 0.593. The molecular formula is C18H23N5. The largest absolute Gasteiger partial charge is 0.290 e. The first-order valence-electron chi connectivity index (χ1n) is 7.87. The molecule has 1 aromatic carbocycles. The molecule has 0 radical (unpaired) electrons. The van der Waals surface area contributed by atoms with Crippen LogP contribution in [-0.4, -0.2) is 14.8 Å². The monoisotopic (exact) mass is 309 g/mol. The predicted molar refractivity (Wildman–Crippen MR) is 94.1 cm³/mol. The third-order valence-electron chi connectivity index (χ3n) is 4.10. The molecule has 3 aromatic rings. The van der Waals surface area contributed by atoms with E-state index in [1.165, 1.54) is 5.56 Å². The van der Waals surface area contributed by atoms with Gasteiger partial charge in [0.1, 0.15) is 5.82 Å². The second kappa shape index (κ2) is 6.01. The number of nitrogens with zero attached hydrogens (tertiary/aromatic N) is 4. The van der Waals surface area contributed by atoms with Crippen molar-refractivity contribution in [1.82, 2.24) is 14.8 Å². The lowest BCUT2D eigenvalue weighted by Crippen LogP contribution is -2.31. The Bertz CT molecular complexity index is 820. The van der Waals surface area contributed by atoms with Crippen molar-refractivity contribution in [3.63, 3.8) is 0 Å². The highest BCUT2D eigenvalue weighted by Gasteiger charge is 2.17. The van der Waals surface area contributed by atoms with Gasteiger partial charge in [-0.05, 0) is 30.0 Å². The summed E-state index contributed by atoms with van der Waals surface area (Å²) in [5, 5.41) is 7.35. The molecular weight excluding hydrogens is 286 g/mol. The fraction of sp³-hybridized carbons (Fsp3) is 0.333. The lowest BCUT2D eigenvalue weighted by atomic mass is 9.99. The molecule has 0 aliphatic rings. The number of rotatable bonds is 4. The van der Waals surface area contributed by atoms with Gasteiger partial charge in [0.05, 0.1) is 12.2 Å². The highest BCUT2D eigenvalue weighted by molar-refractivity contribution is 5.84. The minimum absolute atomic E-state index is 0.382. The van der Waals surface area contributed by atoms with Crippen LogP contribution in [0, 0.1) is 6.92 Å². The Kier molecular flexibility index (Phi) is 4.05. The normalized spacial score (nSPS) is 11.4. The maximum Gasteiger partial charge on any atom is 0.160 e. The van der Waals surface area contributed by atoms with Crippen LogP contribution in [0.2, 0.25) is 0 Å². The summed E-state index contributed by atoms with van der Waals surface area (Å²) in [6.45, 7) is 7.01. The van der Waals surface area contributed by atoms with Gasteiger partial charge in [-0.15, -0.1) is 0 Å². The van der Waals surface area contributed by atoms with E-state index in [4.69, 9.17) is 10.8 Å². The standard InChI is InChI=1S/C18H23N5/c1-12(2)15-10-16(20-18-17(15)13(3)21-22(18)4)23(19)11-14-8-6-5-7-9-14/h5-10,12H,11,19H2,1-4H3. The van der Waals surface area contributed by atoms with Gasteiger partial charge in [-0.2, -0.15) is 5.10 Å². The Morgan fingerprint density at radius 1 is 1.22 bits per heavy atom. The van der Waals surface area contributed by atoms with Crippen molar-refractivity contribution in [3.05, 3.63) is 53.2 Å². The number of pyridine rings is 1. The van der Waals surface area contributed by atoms with Crippen LogP contribution in [0.3, 0.4) is 0 Å². The van der Waals surface area contributed by atoms with E-state index >= 15 is 0 Å². The maximum atomic E-state index is 6.29. The number of nitrogens with two attached hydrogens (primary N) is 1. The summed E-state index contributed by atoms with van der Waals surface area (Å²) < 4.78 is 1.83. The third kappa shape index (κ3) is 2.92. The van der Waals surface area contributed by atoms with Gasteiger partial charge in [-0.3, -0.25) is 9.69 Å². The number of hydrogen-bond acceptors (Lipinski definition) is 4. The van der Waals surface area contributed by atoms with Crippen molar-refractivity contribution in [3.8, 4) is 0 Å². The highest BCUT2D eigenvalue weighted by Crippen LogP contribution is 2.30. The zero-order chi connectivity index (χ0) is 16.6. The molecule has 0 aliphatic carbocycles. The first-order chi connectivity index (χ1) is 11.0. The van der Waals surface area contributed by atoms with Gasteiger partial charge >= 0.3 is 0 Å². The van der Waals surface area contributed by atoms with Gasteiger partial charge in [0.25, 0.3) is 0 Å². The van der Waals surface area contributed by atoms with E-state index in [0.29, 0.717) is 12.5 Å². The molecule has 0 saturated carbocycles. The summed E-state index contributed by atoms with van der Waals surface area (Å²) in [7, 11) is 1.92. The molecule has 0 unspecified atom stereocenters. The van der Waals surface area contributed by atoms with Gasteiger partial charge in [0.15, 0.2) is 5.65 Å². The summed E-state index contributed by atoms with van der Waals surface area (Å²) in [5.74, 6) is 7.44. The Morgan fingerprint density at radius 3 is 2.57 bits per heavy atom. The number of hydrogen-bond donors (Lipinski definition) is 1. The molecule has 5 heteroatoms. The smallest absolute Gasteiger partial charge is 0.160 e. The van der Waals surface area contributed by atoms with E-state index < -0.39 is 0 Å². The van der Waals surface area contributed by atoms with Gasteiger partial charge < -0.3 is 0 Å². The number of benzene rings is 1. The second-order valence-electron chi connectivity index (χ2n) is 6.25. The van der Waals surface area contributed by atoms with Gasteiger partial charge in [0.2, 0.25) is 0 Å². The Balaban J connectivity index is 2.05. The first kappa shape index (κ1) is 15.5. The highest BCUT2D eigenvalue weighted by atomic mass is 15.4. The van der Waals surface area contributed by atoms with Crippen molar-refractivity contribution in [2.75, 3.05) is 5.01 Å². The van der Waals surface area contributed by atoms with E-state index in [1.807, 2.05) is 36.9 Å². The van der Waals surface area contributed by atoms with Crippen molar-refractivity contribution in [2.24, 2.45) is 12.9 Å². The number of aromatic nitrogens is 3. The van der Waals surface area contributed by atoms with Crippen LogP contribution in [0.4, 0.5) is 5.82 Å². The third-order valence-corrected chi connectivity index (χ3v) is 4.10. The number of anilines is 1. The van der Waals surface area contributed by atoms with E-state index in [0.717, 1.165) is 28.1 Å². The van der Waals surface area contributed by atoms with Crippen LogP contribution >= 0.6 is 0 Å². The molecule has 0 amide bonds. The molecule has 120 valence electrons. The molecule has 2 aromatic heterocycles. The second-order valence-corrected chi connectivity index (χ2v) is 6.25. The average Bonchev–Trinajstić information content (AvgIpc) is 2.82. The van der Waals surface area contributed by atoms with Crippen LogP contribution in [0.25, 0.3) is 11.0 Å². The van der Waals surface area contributed by atoms with Crippen LogP contribution < -0.4 is 10.9 Å². The van der Waals surface area contributed by atoms with Gasteiger partial charge in [0, 0.05) is 12.4 Å². The molecule has 3 rings (SSSR count). The van der Waals surface area contributed by atoms with Crippen LogP contribution in [0.15, 0.2) is 36.4 Å². The van der Waals surface area contributed by atoms with Crippen molar-refractivity contribution in [2.45, 2.75) is 33.2 Å². The van der Waals surface area contributed by atoms with E-state index in [1.54, 1.807) is 5.01 Å². The van der Waals surface area contributed by atoms with Crippen molar-refractivity contribution >= 4 is 16.9 Å². The first-order valence-corrected chi connectivity index (χ1v) is 7.87. The van der Waals surface area contributed by atoms with Crippen molar-refractivity contribution < 1.29 is 0 Å². The van der Waals surface area contributed by atoms with E-state index in [2.05, 4.69) is 37.1 Å². The van der Waals surface area contributed by atoms with Gasteiger partial charge in [-0.25, -0.2) is 10.8 Å². The minimum atomic E-state index is 0.382. The zero-order valence-electron chi connectivity index (χ0n) is 14.1. The Labute approximate surface area is 136 Å². The van der Waals surface area contributed by atoms with Crippen LogP contribution in [0.5, 0.6) is 0 Å². The Morgan fingerprint density at radius 2 is 1.91 bits per heavy atom. The maximum absolute atomic E-state index is 6.29. The van der Waals surface area contributed by atoms with Crippen LogP contribution in [0.1, 0.15) is 36.6 Å². The molecule has 2 N–H and O–H groups in total. The molecule has 0 spiro atoms. The molecule has 23 heavy (non-hydrogen) atoms. The summed E-state index contributed by atoms with van der Waals surface area (Å²) >= 11 is 0. The molecule has 0 aliphatic heterocycles. The van der Waals surface area contributed by atoms with Crippen LogP contribution in [-0.2, 0) is 13.6 Å². The molecule has 5 nitrogen and oxygen atoms in total. The predicted octanol–water partition coefficient (Wildman–Crippen LogP) is 3.28. The molecule has 0 bridgehead atoms. The lowest BCUT2D eigenvalue weighted by molar-refractivity contribution is 0.768. The Hall–Kier alpha value is -2.40. The summed E-state index contributed by atoms with van der Waals surface area (Å²) in [6.07, 6.45) is 0. The minimum Gasteiger partial charge on any atom is -0.290 e. The number of fused-ring (bicyclic) bond motifs is 1. The fourth-order valence-corrected chi connectivity index (χ4v) is 2.93. The zero-order valence-corrected chi connectivity index (χ0v) is 14.1. The number of hydrazine groups is 1. The summed E-state index contributed by atoms with van der Waals surface area (Å²) in [6, 6.07) is 12.3. The average molecular weight is 309 g/mol. The lowest BCUT2D eigenvalue weighted by Gasteiger charge is -2.20. The fourth-order valence-electron chi connectivity index (χ4n) is 2.93. The van der Waals surface area contributed by atoms with E-state index in [9.17, 15) is 0 Å². The van der Waals surface area contributed by atoms with Crippen molar-refractivity contribution in [1.29, 1.82) is 0 Å². The molecule has 2 heterocycles. The molecule has 0 saturated heterocycles. The summed E-state index contributed by atoms with van der Waals surface area (Å²) in [4.78, 5) is 4.74.